The molecule has 0 aliphatic heterocycles. The van der Waals surface area contributed by atoms with Gasteiger partial charge in [0.05, 0.1) is 16.8 Å². The van der Waals surface area contributed by atoms with Crippen LogP contribution in [0.2, 0.25) is 0 Å². The van der Waals surface area contributed by atoms with E-state index in [1.165, 1.54) is 0 Å². The Morgan fingerprint density at radius 3 is 2.42 bits per heavy atom. The number of hydrogen-bond donors (Lipinski definition) is 2. The molecule has 0 fully saturated rings. The van der Waals surface area contributed by atoms with Gasteiger partial charge in [-0.25, -0.2) is 4.79 Å². The zero-order valence-electron chi connectivity index (χ0n) is 17.5. The number of aliphatic carboxylic acids is 1. The van der Waals surface area contributed by atoms with E-state index in [4.69, 9.17) is 9.90 Å². The Kier molecular flexibility index (Phi) is 7.11. The number of carboxylic acid groups (broad SMARTS) is 1. The molecule has 33 heavy (non-hydrogen) atoms. The second-order valence-corrected chi connectivity index (χ2v) is 6.90. The highest BCUT2D eigenvalue weighted by atomic mass is 19.4. The molecule has 0 aliphatic rings. The second kappa shape index (κ2) is 9.98. The molecular formula is C22H20F3N5O3. The first-order valence-electron chi connectivity index (χ1n) is 9.75. The van der Waals surface area contributed by atoms with Crippen molar-refractivity contribution in [3.05, 3.63) is 78.4 Å². The van der Waals surface area contributed by atoms with Crippen LogP contribution in [-0.2, 0) is 18.3 Å². The number of hydrogen-bond acceptors (Lipinski definition) is 4. The molecule has 0 bridgehead atoms. The van der Waals surface area contributed by atoms with Crippen LogP contribution in [0.15, 0.2) is 67.1 Å². The van der Waals surface area contributed by atoms with Gasteiger partial charge in [0, 0.05) is 44.3 Å². The summed E-state index contributed by atoms with van der Waals surface area (Å²) in [5.41, 5.74) is 4.21. The molecule has 4 rings (SSSR count). The van der Waals surface area contributed by atoms with Crippen LogP contribution in [0, 0.1) is 0 Å². The predicted octanol–water partition coefficient (Wildman–Crippen LogP) is 3.34. The van der Waals surface area contributed by atoms with E-state index >= 15 is 0 Å². The van der Waals surface area contributed by atoms with Crippen LogP contribution in [0.5, 0.6) is 0 Å². The van der Waals surface area contributed by atoms with Crippen LogP contribution < -0.4 is 5.32 Å². The van der Waals surface area contributed by atoms with E-state index in [-0.39, 0.29) is 5.91 Å². The molecule has 172 valence electrons. The third kappa shape index (κ3) is 5.97. The summed E-state index contributed by atoms with van der Waals surface area (Å²) < 4.78 is 35.5. The zero-order valence-corrected chi connectivity index (χ0v) is 17.5. The van der Waals surface area contributed by atoms with Gasteiger partial charge in [0.25, 0.3) is 5.91 Å². The molecule has 0 spiro atoms. The first-order valence-corrected chi connectivity index (χ1v) is 9.75. The van der Waals surface area contributed by atoms with E-state index in [0.29, 0.717) is 18.5 Å². The van der Waals surface area contributed by atoms with Crippen molar-refractivity contribution in [3.63, 3.8) is 0 Å². The van der Waals surface area contributed by atoms with Gasteiger partial charge in [0.1, 0.15) is 5.69 Å². The number of aromatic nitrogens is 4. The lowest BCUT2D eigenvalue weighted by Gasteiger charge is -2.04. The van der Waals surface area contributed by atoms with Gasteiger partial charge in [0.2, 0.25) is 0 Å². The minimum atomic E-state index is -5.08. The number of rotatable bonds is 5. The Morgan fingerprint density at radius 1 is 1.09 bits per heavy atom. The molecule has 0 saturated heterocycles. The molecule has 0 saturated carbocycles. The monoisotopic (exact) mass is 459 g/mol. The molecule has 0 aromatic carbocycles. The lowest BCUT2D eigenvalue weighted by Crippen LogP contribution is -2.25. The van der Waals surface area contributed by atoms with Gasteiger partial charge in [-0.2, -0.15) is 18.3 Å². The number of nitrogens with zero attached hydrogens (tertiary/aromatic N) is 4. The van der Waals surface area contributed by atoms with E-state index < -0.39 is 12.1 Å². The standard InChI is InChI=1S/C20H19N5O.C2HF3O2/c1-24-13-9-17(23-24)19-14-16(18-7-3-5-12-25(18)19)20(26)22-11-8-15-6-2-4-10-21-15;3-2(4,5)1(6)7/h2-7,9-10,12-14H,8,11H2,1H3,(H,22,26);(H,6,7). The highest BCUT2D eigenvalue weighted by molar-refractivity contribution is 6.02. The summed E-state index contributed by atoms with van der Waals surface area (Å²) in [5.74, 6) is -2.85. The molecule has 4 heterocycles. The van der Waals surface area contributed by atoms with Crippen LogP contribution in [0.3, 0.4) is 0 Å². The predicted molar refractivity (Wildman–Crippen MR) is 114 cm³/mol. The van der Waals surface area contributed by atoms with Gasteiger partial charge in [-0.15, -0.1) is 0 Å². The lowest BCUT2D eigenvalue weighted by molar-refractivity contribution is -0.192. The average Bonchev–Trinajstić information content (AvgIpc) is 3.38. The molecule has 2 N–H and O–H groups in total. The number of amides is 1. The van der Waals surface area contributed by atoms with Gasteiger partial charge in [-0.3, -0.25) is 14.5 Å². The Morgan fingerprint density at radius 2 is 1.82 bits per heavy atom. The van der Waals surface area contributed by atoms with E-state index in [1.807, 2.05) is 72.4 Å². The molecule has 11 heteroatoms. The van der Waals surface area contributed by atoms with Gasteiger partial charge < -0.3 is 14.8 Å². The smallest absolute Gasteiger partial charge is 0.475 e. The fraction of sp³-hybridized carbons (Fsp3) is 0.182. The van der Waals surface area contributed by atoms with Crippen molar-refractivity contribution in [1.82, 2.24) is 24.5 Å². The van der Waals surface area contributed by atoms with Crippen LogP contribution in [0.25, 0.3) is 16.9 Å². The van der Waals surface area contributed by atoms with Gasteiger partial charge in [-0.05, 0) is 36.4 Å². The van der Waals surface area contributed by atoms with Crippen LogP contribution in [-0.4, -0.2) is 48.9 Å². The largest absolute Gasteiger partial charge is 0.490 e. The Labute approximate surface area is 186 Å². The zero-order chi connectivity index (χ0) is 24.0. The summed E-state index contributed by atoms with van der Waals surface area (Å²) in [6.45, 7) is 0.541. The molecule has 1 amide bonds. The number of fused-ring (bicyclic) bond motifs is 1. The Balaban J connectivity index is 0.000000383. The summed E-state index contributed by atoms with van der Waals surface area (Å²) in [7, 11) is 1.88. The van der Waals surface area contributed by atoms with Gasteiger partial charge in [0.15, 0.2) is 0 Å². The number of halogens is 3. The van der Waals surface area contributed by atoms with E-state index in [0.717, 1.165) is 22.6 Å². The number of carboxylic acids is 1. The third-order valence-electron chi connectivity index (χ3n) is 4.53. The van der Waals surface area contributed by atoms with Crippen molar-refractivity contribution in [2.75, 3.05) is 6.54 Å². The first-order chi connectivity index (χ1) is 15.7. The first kappa shape index (κ1) is 23.5. The third-order valence-corrected chi connectivity index (χ3v) is 4.53. The number of carbonyl (C=O) groups is 2. The molecule has 0 unspecified atom stereocenters. The highest BCUT2D eigenvalue weighted by Crippen LogP contribution is 2.25. The van der Waals surface area contributed by atoms with E-state index in [9.17, 15) is 18.0 Å². The number of aryl methyl sites for hydroxylation is 1. The molecule has 4 aromatic heterocycles. The molecule has 0 radical (unpaired) electrons. The van der Waals surface area contributed by atoms with Gasteiger partial charge in [-0.1, -0.05) is 12.1 Å². The minimum Gasteiger partial charge on any atom is -0.475 e. The Hall–Kier alpha value is -4.15. The minimum absolute atomic E-state index is 0.0909. The van der Waals surface area contributed by atoms with Crippen LogP contribution >= 0.6 is 0 Å². The number of alkyl halides is 3. The van der Waals surface area contributed by atoms with Crippen LogP contribution in [0.4, 0.5) is 13.2 Å². The van der Waals surface area contributed by atoms with Crippen molar-refractivity contribution in [3.8, 4) is 11.4 Å². The quantitative estimate of drug-likeness (QED) is 0.477. The maximum absolute atomic E-state index is 12.7. The van der Waals surface area contributed by atoms with Crippen molar-refractivity contribution in [1.29, 1.82) is 0 Å². The lowest BCUT2D eigenvalue weighted by atomic mass is 10.2. The van der Waals surface area contributed by atoms with Crippen LogP contribution in [0.1, 0.15) is 16.1 Å². The number of carbonyl (C=O) groups excluding carboxylic acids is 1. The summed E-state index contributed by atoms with van der Waals surface area (Å²) >= 11 is 0. The molecule has 0 aliphatic carbocycles. The fourth-order valence-corrected chi connectivity index (χ4v) is 3.03. The van der Waals surface area contributed by atoms with Crippen molar-refractivity contribution >= 4 is 17.4 Å². The van der Waals surface area contributed by atoms with Crippen molar-refractivity contribution < 1.29 is 27.9 Å². The number of pyridine rings is 2. The molecule has 0 atom stereocenters. The summed E-state index contributed by atoms with van der Waals surface area (Å²) in [4.78, 5) is 25.9. The molecule has 8 nitrogen and oxygen atoms in total. The van der Waals surface area contributed by atoms with E-state index in [2.05, 4.69) is 15.4 Å². The van der Waals surface area contributed by atoms with Crippen molar-refractivity contribution in [2.45, 2.75) is 12.6 Å². The van der Waals surface area contributed by atoms with E-state index in [1.54, 1.807) is 10.9 Å². The maximum Gasteiger partial charge on any atom is 0.490 e. The SMILES string of the molecule is Cn1ccc(-c2cc(C(=O)NCCc3ccccn3)c3ccccn23)n1.O=C(O)C(F)(F)F. The highest BCUT2D eigenvalue weighted by Gasteiger charge is 2.38. The summed E-state index contributed by atoms with van der Waals surface area (Å²) in [5, 5.41) is 14.6. The second-order valence-electron chi connectivity index (χ2n) is 6.90. The average molecular weight is 459 g/mol. The summed E-state index contributed by atoms with van der Waals surface area (Å²) in [6, 6.07) is 15.5. The molecule has 4 aromatic rings. The number of nitrogens with one attached hydrogen (secondary N) is 1. The summed E-state index contributed by atoms with van der Waals surface area (Å²) in [6.07, 6.45) is 1.22. The Bertz CT molecular complexity index is 1250. The molecular weight excluding hydrogens is 439 g/mol. The fourth-order valence-electron chi connectivity index (χ4n) is 3.03. The van der Waals surface area contributed by atoms with Gasteiger partial charge >= 0.3 is 12.1 Å². The van der Waals surface area contributed by atoms with Crippen molar-refractivity contribution in [2.24, 2.45) is 7.05 Å². The maximum atomic E-state index is 12.7. The normalized spacial score (nSPS) is 11.0. The topological polar surface area (TPSA) is 102 Å².